The third kappa shape index (κ3) is 4.48. The van der Waals surface area contributed by atoms with Gasteiger partial charge in [0.2, 0.25) is 0 Å². The summed E-state index contributed by atoms with van der Waals surface area (Å²) in [6, 6.07) is 8.27. The molecule has 2 rings (SSSR count). The van der Waals surface area contributed by atoms with Gasteiger partial charge in [0.1, 0.15) is 0 Å². The number of hydrogen-bond acceptors (Lipinski definition) is 4. The Labute approximate surface area is 139 Å². The number of aliphatic imine (C=N–C) groups is 1. The summed E-state index contributed by atoms with van der Waals surface area (Å²) in [6.07, 6.45) is 7.29. The maximum atomic E-state index is 5.38. The van der Waals surface area contributed by atoms with E-state index in [1.54, 1.807) is 0 Å². The van der Waals surface area contributed by atoms with Gasteiger partial charge in [0, 0.05) is 26.2 Å². The predicted molar refractivity (Wildman–Crippen MR) is 100.0 cm³/mol. The summed E-state index contributed by atoms with van der Waals surface area (Å²) in [6.45, 7) is 11.8. The van der Waals surface area contributed by atoms with Crippen LogP contribution < -0.4 is 15.5 Å². The zero-order valence-corrected chi connectivity index (χ0v) is 13.9. The topological polar surface area (TPSA) is 39.7 Å². The largest absolute Gasteiger partial charge is 0.367 e. The van der Waals surface area contributed by atoms with E-state index in [0.717, 1.165) is 43.3 Å². The molecule has 1 saturated heterocycles. The number of para-hydroxylation sites is 2. The zero-order valence-electron chi connectivity index (χ0n) is 13.9. The predicted octanol–water partition coefficient (Wildman–Crippen LogP) is 3.02. The molecule has 0 aromatic heterocycles. The normalized spacial score (nSPS) is 16.0. The molecule has 0 radical (unpaired) electrons. The number of rotatable bonds is 5. The van der Waals surface area contributed by atoms with E-state index in [9.17, 15) is 0 Å². The number of hydrogen-bond donors (Lipinski definition) is 2. The first-order valence-electron chi connectivity index (χ1n) is 7.85. The Morgan fingerprint density at radius 2 is 2.09 bits per heavy atom. The first-order valence-corrected chi connectivity index (χ1v) is 7.85. The van der Waals surface area contributed by atoms with Gasteiger partial charge in [-0.05, 0) is 26.0 Å². The molecule has 0 saturated carbocycles. The minimum Gasteiger partial charge on any atom is -0.367 e. The molecule has 1 aromatic carbocycles. The summed E-state index contributed by atoms with van der Waals surface area (Å²) in [5, 5.41) is 6.76. The highest BCUT2D eigenvalue weighted by Gasteiger charge is 2.14. The minimum atomic E-state index is 0.636. The summed E-state index contributed by atoms with van der Waals surface area (Å²) in [4.78, 5) is 6.78. The zero-order chi connectivity index (χ0) is 16.7. The maximum Gasteiger partial charge on any atom is 0.0873 e. The molecule has 4 nitrogen and oxygen atoms in total. The molecule has 1 aromatic rings. The van der Waals surface area contributed by atoms with Crippen LogP contribution in [-0.4, -0.2) is 31.9 Å². The number of benzene rings is 1. The van der Waals surface area contributed by atoms with Crippen LogP contribution in [0, 0.1) is 12.3 Å². The lowest BCUT2D eigenvalue weighted by Crippen LogP contribution is -2.43. The summed E-state index contributed by atoms with van der Waals surface area (Å²) in [7, 11) is 0. The molecule has 120 valence electrons. The Balaban J connectivity index is 2.20. The van der Waals surface area contributed by atoms with E-state index in [1.807, 2.05) is 26.0 Å². The Morgan fingerprint density at radius 1 is 1.39 bits per heavy atom. The van der Waals surface area contributed by atoms with Gasteiger partial charge < -0.3 is 15.5 Å². The molecular formula is C19H24N4. The molecule has 1 fully saturated rings. The van der Waals surface area contributed by atoms with Crippen molar-refractivity contribution in [3.05, 3.63) is 48.3 Å². The number of terminal acetylenes is 1. The highest BCUT2D eigenvalue weighted by Crippen LogP contribution is 2.28. The van der Waals surface area contributed by atoms with Gasteiger partial charge >= 0.3 is 0 Å². The van der Waals surface area contributed by atoms with E-state index in [2.05, 4.69) is 51.2 Å². The lowest BCUT2D eigenvalue weighted by atomic mass is 10.2. The Kier molecular flexibility index (Phi) is 6.02. The Hall–Kier alpha value is -2.51. The van der Waals surface area contributed by atoms with E-state index < -0.39 is 0 Å². The fraction of sp³-hybridized carbons (Fsp3) is 0.316. The van der Waals surface area contributed by atoms with Crippen molar-refractivity contribution in [1.29, 1.82) is 0 Å². The third-order valence-corrected chi connectivity index (χ3v) is 3.73. The molecule has 23 heavy (non-hydrogen) atoms. The van der Waals surface area contributed by atoms with Gasteiger partial charge in [-0.1, -0.05) is 30.7 Å². The standard InChI is InChI=1S/C19H24N4/c1-5-15(3)21-17(6-2)16(4)22-18-9-7-8-10-19(18)23-13-11-20-12-14-23/h1,6-10,20,22H,4,11-14H2,2-3H3/b17-6-,21-15?. The summed E-state index contributed by atoms with van der Waals surface area (Å²) in [5.41, 5.74) is 4.35. The van der Waals surface area contributed by atoms with Gasteiger partial charge in [-0.2, -0.15) is 0 Å². The van der Waals surface area contributed by atoms with Crippen LogP contribution in [0.3, 0.4) is 0 Å². The van der Waals surface area contributed by atoms with E-state index >= 15 is 0 Å². The van der Waals surface area contributed by atoms with Gasteiger partial charge in [0.25, 0.3) is 0 Å². The summed E-state index contributed by atoms with van der Waals surface area (Å²) in [5.74, 6) is 2.54. The monoisotopic (exact) mass is 308 g/mol. The third-order valence-electron chi connectivity index (χ3n) is 3.73. The fourth-order valence-corrected chi connectivity index (χ4v) is 2.51. The van der Waals surface area contributed by atoms with Crippen LogP contribution in [-0.2, 0) is 0 Å². The van der Waals surface area contributed by atoms with Crippen LogP contribution in [0.5, 0.6) is 0 Å². The molecule has 2 N–H and O–H groups in total. The van der Waals surface area contributed by atoms with Crippen molar-refractivity contribution in [2.45, 2.75) is 13.8 Å². The van der Waals surface area contributed by atoms with Gasteiger partial charge in [-0.3, -0.25) is 0 Å². The van der Waals surface area contributed by atoms with Crippen LogP contribution in [0.25, 0.3) is 0 Å². The number of piperazine rings is 1. The minimum absolute atomic E-state index is 0.636. The Morgan fingerprint density at radius 3 is 2.74 bits per heavy atom. The van der Waals surface area contributed by atoms with Crippen molar-refractivity contribution >= 4 is 17.1 Å². The highest BCUT2D eigenvalue weighted by molar-refractivity contribution is 5.98. The van der Waals surface area contributed by atoms with Crippen molar-refractivity contribution in [3.8, 4) is 12.3 Å². The van der Waals surface area contributed by atoms with Crippen molar-refractivity contribution in [3.63, 3.8) is 0 Å². The van der Waals surface area contributed by atoms with E-state index in [4.69, 9.17) is 6.42 Å². The second-order valence-corrected chi connectivity index (χ2v) is 5.37. The van der Waals surface area contributed by atoms with Gasteiger partial charge in [-0.15, -0.1) is 6.42 Å². The van der Waals surface area contributed by atoms with E-state index in [-0.39, 0.29) is 0 Å². The van der Waals surface area contributed by atoms with Crippen LogP contribution in [0.1, 0.15) is 13.8 Å². The average Bonchev–Trinajstić information content (AvgIpc) is 2.60. The molecule has 1 aliphatic heterocycles. The highest BCUT2D eigenvalue weighted by atomic mass is 15.2. The molecule has 1 aliphatic rings. The first-order chi connectivity index (χ1) is 11.2. The van der Waals surface area contributed by atoms with Crippen LogP contribution in [0.4, 0.5) is 11.4 Å². The van der Waals surface area contributed by atoms with Gasteiger partial charge in [0.15, 0.2) is 0 Å². The van der Waals surface area contributed by atoms with Crippen LogP contribution in [0.2, 0.25) is 0 Å². The lowest BCUT2D eigenvalue weighted by Gasteiger charge is -2.31. The summed E-state index contributed by atoms with van der Waals surface area (Å²) >= 11 is 0. The average molecular weight is 308 g/mol. The molecule has 0 aliphatic carbocycles. The number of nitrogens with zero attached hydrogens (tertiary/aromatic N) is 2. The maximum absolute atomic E-state index is 5.38. The van der Waals surface area contributed by atoms with Gasteiger partial charge in [0.05, 0.1) is 28.5 Å². The van der Waals surface area contributed by atoms with E-state index in [1.165, 1.54) is 5.69 Å². The second kappa shape index (κ2) is 8.21. The molecular weight excluding hydrogens is 284 g/mol. The second-order valence-electron chi connectivity index (χ2n) is 5.37. The quantitative estimate of drug-likeness (QED) is 0.499. The van der Waals surface area contributed by atoms with Gasteiger partial charge in [-0.25, -0.2) is 4.99 Å². The van der Waals surface area contributed by atoms with Crippen molar-refractivity contribution in [2.75, 3.05) is 36.4 Å². The molecule has 4 heteroatoms. The van der Waals surface area contributed by atoms with Crippen molar-refractivity contribution < 1.29 is 0 Å². The van der Waals surface area contributed by atoms with Crippen LogP contribution in [0.15, 0.2) is 53.3 Å². The number of allylic oxidation sites excluding steroid dienone is 1. The SMILES string of the molecule is C#CC(C)=N/C(=C\C)C(=C)Nc1ccccc1N1CCNCC1. The number of nitrogens with one attached hydrogen (secondary N) is 2. The smallest absolute Gasteiger partial charge is 0.0873 e. The lowest BCUT2D eigenvalue weighted by molar-refractivity contribution is 0.589. The Bertz CT molecular complexity index is 658. The molecule has 0 bridgehead atoms. The first kappa shape index (κ1) is 16.9. The molecule has 0 unspecified atom stereocenters. The number of anilines is 2. The summed E-state index contributed by atoms with van der Waals surface area (Å²) < 4.78 is 0. The molecule has 0 spiro atoms. The van der Waals surface area contributed by atoms with Crippen LogP contribution >= 0.6 is 0 Å². The molecule has 1 heterocycles. The van der Waals surface area contributed by atoms with Crippen molar-refractivity contribution in [1.82, 2.24) is 5.32 Å². The van der Waals surface area contributed by atoms with Crippen molar-refractivity contribution in [2.24, 2.45) is 4.99 Å². The van der Waals surface area contributed by atoms with E-state index in [0.29, 0.717) is 5.71 Å². The molecule has 0 atom stereocenters. The molecule has 0 amide bonds. The fourth-order valence-electron chi connectivity index (χ4n) is 2.51.